The summed E-state index contributed by atoms with van der Waals surface area (Å²) < 4.78 is 5.63. The van der Waals surface area contributed by atoms with Gasteiger partial charge in [0.25, 0.3) is 0 Å². The van der Waals surface area contributed by atoms with Gasteiger partial charge in [0.2, 0.25) is 0 Å². The summed E-state index contributed by atoms with van der Waals surface area (Å²) >= 11 is 0. The summed E-state index contributed by atoms with van der Waals surface area (Å²) in [6, 6.07) is 5.98. The van der Waals surface area contributed by atoms with Gasteiger partial charge in [-0.25, -0.2) is 4.79 Å². The molecular weight excluding hydrogens is 302 g/mol. The minimum absolute atomic E-state index is 0.0207. The zero-order valence-corrected chi connectivity index (χ0v) is 14.9. The molecule has 0 saturated carbocycles. The largest absolute Gasteiger partial charge is 0.493 e. The molecule has 1 fully saturated rings. The standard InChI is InChI=1S/C19H29N3O2/c1-3-9-21(2)13-15-8-10-22(14-15)19(23)20-17-6-7-18-16(12-17)5-4-11-24-18/h6-7,12,15H,3-5,8-11,13-14H2,1-2H3,(H,20,23)/t15-/m0/s1. The molecule has 1 N–H and O–H groups in total. The number of fused-ring (bicyclic) bond motifs is 1. The number of hydrogen-bond donors (Lipinski definition) is 1. The summed E-state index contributed by atoms with van der Waals surface area (Å²) in [7, 11) is 2.17. The third-order valence-corrected chi connectivity index (χ3v) is 4.91. The molecule has 0 spiro atoms. The Bertz CT molecular complexity index is 576. The molecule has 2 aliphatic rings. The number of aryl methyl sites for hydroxylation is 1. The highest BCUT2D eigenvalue weighted by Crippen LogP contribution is 2.28. The monoisotopic (exact) mass is 331 g/mol. The molecule has 2 amide bonds. The third-order valence-electron chi connectivity index (χ3n) is 4.91. The van der Waals surface area contributed by atoms with Gasteiger partial charge in [-0.1, -0.05) is 6.92 Å². The van der Waals surface area contributed by atoms with Crippen LogP contribution in [-0.2, 0) is 6.42 Å². The van der Waals surface area contributed by atoms with Crippen molar-refractivity contribution in [2.24, 2.45) is 5.92 Å². The van der Waals surface area contributed by atoms with Gasteiger partial charge in [-0.15, -0.1) is 0 Å². The van der Waals surface area contributed by atoms with Crippen molar-refractivity contribution in [3.63, 3.8) is 0 Å². The molecule has 5 heteroatoms. The lowest BCUT2D eigenvalue weighted by Gasteiger charge is -2.22. The fourth-order valence-corrected chi connectivity index (χ4v) is 3.72. The van der Waals surface area contributed by atoms with Crippen LogP contribution in [0.4, 0.5) is 10.5 Å². The van der Waals surface area contributed by atoms with Crippen LogP contribution in [0.1, 0.15) is 31.7 Å². The van der Waals surface area contributed by atoms with E-state index in [1.54, 1.807) is 0 Å². The van der Waals surface area contributed by atoms with Crippen molar-refractivity contribution in [1.82, 2.24) is 9.80 Å². The molecule has 1 atom stereocenters. The predicted octanol–water partition coefficient (Wildman–Crippen LogP) is 3.21. The van der Waals surface area contributed by atoms with Crippen LogP contribution in [0.25, 0.3) is 0 Å². The molecule has 0 aliphatic carbocycles. The Balaban J connectivity index is 1.52. The average Bonchev–Trinajstić information content (AvgIpc) is 3.03. The third kappa shape index (κ3) is 4.20. The van der Waals surface area contributed by atoms with Crippen molar-refractivity contribution < 1.29 is 9.53 Å². The van der Waals surface area contributed by atoms with Crippen LogP contribution in [0, 0.1) is 5.92 Å². The van der Waals surface area contributed by atoms with Gasteiger partial charge in [0.05, 0.1) is 6.61 Å². The number of urea groups is 1. The van der Waals surface area contributed by atoms with Crippen LogP contribution in [0.15, 0.2) is 18.2 Å². The summed E-state index contributed by atoms with van der Waals surface area (Å²) in [5.41, 5.74) is 2.07. The van der Waals surface area contributed by atoms with Crippen molar-refractivity contribution in [2.75, 3.05) is 45.2 Å². The maximum absolute atomic E-state index is 12.5. The molecule has 1 aromatic carbocycles. The van der Waals surface area contributed by atoms with Gasteiger partial charge in [-0.3, -0.25) is 0 Å². The van der Waals surface area contributed by atoms with Gasteiger partial charge in [-0.05, 0) is 69.0 Å². The fourth-order valence-electron chi connectivity index (χ4n) is 3.72. The number of hydrogen-bond acceptors (Lipinski definition) is 3. The highest BCUT2D eigenvalue weighted by atomic mass is 16.5. The van der Waals surface area contributed by atoms with Crippen LogP contribution in [0.3, 0.4) is 0 Å². The van der Waals surface area contributed by atoms with E-state index in [-0.39, 0.29) is 6.03 Å². The van der Waals surface area contributed by atoms with Gasteiger partial charge >= 0.3 is 6.03 Å². The van der Waals surface area contributed by atoms with E-state index in [2.05, 4.69) is 30.3 Å². The van der Waals surface area contributed by atoms with Crippen LogP contribution in [0.2, 0.25) is 0 Å². The highest BCUT2D eigenvalue weighted by molar-refractivity contribution is 5.89. The fraction of sp³-hybridized carbons (Fsp3) is 0.632. The topological polar surface area (TPSA) is 44.8 Å². The van der Waals surface area contributed by atoms with Crippen LogP contribution in [0.5, 0.6) is 5.75 Å². The van der Waals surface area contributed by atoms with Crippen molar-refractivity contribution in [3.8, 4) is 5.75 Å². The van der Waals surface area contributed by atoms with Gasteiger partial charge in [0.15, 0.2) is 0 Å². The number of nitrogens with one attached hydrogen (secondary N) is 1. The molecule has 1 aromatic rings. The number of amides is 2. The van der Waals surface area contributed by atoms with E-state index < -0.39 is 0 Å². The van der Waals surface area contributed by atoms with Crippen LogP contribution < -0.4 is 10.1 Å². The Morgan fingerprint density at radius 2 is 2.33 bits per heavy atom. The number of benzene rings is 1. The molecule has 0 radical (unpaired) electrons. The normalized spacial score (nSPS) is 20.0. The Kier molecular flexibility index (Phi) is 5.61. The van der Waals surface area contributed by atoms with E-state index in [4.69, 9.17) is 4.74 Å². The number of nitrogens with zero attached hydrogens (tertiary/aromatic N) is 2. The Labute approximate surface area is 145 Å². The van der Waals surface area contributed by atoms with Crippen LogP contribution in [-0.4, -0.2) is 55.7 Å². The van der Waals surface area contributed by atoms with E-state index in [9.17, 15) is 4.79 Å². The molecule has 2 heterocycles. The summed E-state index contributed by atoms with van der Waals surface area (Å²) in [5, 5.41) is 3.05. The molecule has 24 heavy (non-hydrogen) atoms. The number of carbonyl (C=O) groups is 1. The smallest absolute Gasteiger partial charge is 0.321 e. The molecule has 5 nitrogen and oxygen atoms in total. The SMILES string of the molecule is CCCN(C)C[C@@H]1CCN(C(=O)Nc2ccc3c(c2)CCCO3)C1. The van der Waals surface area contributed by atoms with Gasteiger partial charge in [0.1, 0.15) is 5.75 Å². The maximum atomic E-state index is 12.5. The molecule has 0 aromatic heterocycles. The van der Waals surface area contributed by atoms with Gasteiger partial charge in [-0.2, -0.15) is 0 Å². The lowest BCUT2D eigenvalue weighted by atomic mass is 10.1. The van der Waals surface area contributed by atoms with E-state index in [0.29, 0.717) is 5.92 Å². The Morgan fingerprint density at radius 3 is 3.17 bits per heavy atom. The number of rotatable bonds is 5. The first kappa shape index (κ1) is 17.1. The zero-order valence-electron chi connectivity index (χ0n) is 14.9. The van der Waals surface area contributed by atoms with Gasteiger partial charge in [0, 0.05) is 25.3 Å². The minimum atomic E-state index is 0.0207. The highest BCUT2D eigenvalue weighted by Gasteiger charge is 2.27. The molecule has 3 rings (SSSR count). The number of carbonyl (C=O) groups excluding carboxylic acids is 1. The molecule has 1 saturated heterocycles. The Hall–Kier alpha value is -1.75. The molecule has 132 valence electrons. The van der Waals surface area contributed by atoms with E-state index in [0.717, 1.165) is 63.5 Å². The predicted molar refractivity (Wildman–Crippen MR) is 96.7 cm³/mol. The number of likely N-dealkylation sites (tertiary alicyclic amines) is 1. The minimum Gasteiger partial charge on any atom is -0.493 e. The summed E-state index contributed by atoms with van der Waals surface area (Å²) in [6.07, 6.45) is 4.34. The second-order valence-corrected chi connectivity index (χ2v) is 7.07. The molecule has 0 unspecified atom stereocenters. The van der Waals surface area contributed by atoms with Crippen molar-refractivity contribution in [1.29, 1.82) is 0 Å². The lowest BCUT2D eigenvalue weighted by molar-refractivity contribution is 0.217. The quantitative estimate of drug-likeness (QED) is 0.901. The summed E-state index contributed by atoms with van der Waals surface area (Å²) in [6.45, 7) is 6.90. The summed E-state index contributed by atoms with van der Waals surface area (Å²) in [5.74, 6) is 1.55. The van der Waals surface area contributed by atoms with E-state index in [1.807, 2.05) is 17.0 Å². The second kappa shape index (κ2) is 7.88. The number of ether oxygens (including phenoxy) is 1. The molecule has 2 aliphatic heterocycles. The first-order chi connectivity index (χ1) is 11.7. The lowest BCUT2D eigenvalue weighted by Crippen LogP contribution is -2.34. The number of anilines is 1. The van der Waals surface area contributed by atoms with Crippen molar-refractivity contribution >= 4 is 11.7 Å². The second-order valence-electron chi connectivity index (χ2n) is 7.07. The zero-order chi connectivity index (χ0) is 16.9. The van der Waals surface area contributed by atoms with E-state index in [1.165, 1.54) is 12.0 Å². The first-order valence-corrected chi connectivity index (χ1v) is 9.16. The van der Waals surface area contributed by atoms with Crippen LogP contribution >= 0.6 is 0 Å². The van der Waals surface area contributed by atoms with Crippen molar-refractivity contribution in [2.45, 2.75) is 32.6 Å². The Morgan fingerprint density at radius 1 is 1.46 bits per heavy atom. The van der Waals surface area contributed by atoms with Gasteiger partial charge < -0.3 is 19.9 Å². The molecular formula is C19H29N3O2. The van der Waals surface area contributed by atoms with Crippen molar-refractivity contribution in [3.05, 3.63) is 23.8 Å². The maximum Gasteiger partial charge on any atom is 0.321 e. The van der Waals surface area contributed by atoms with E-state index >= 15 is 0 Å². The summed E-state index contributed by atoms with van der Waals surface area (Å²) in [4.78, 5) is 16.8. The average molecular weight is 331 g/mol. The molecule has 0 bridgehead atoms. The first-order valence-electron chi connectivity index (χ1n) is 9.16.